The maximum atomic E-state index is 14.1. The Labute approximate surface area is 121 Å². The molecule has 0 bridgehead atoms. The maximum Gasteiger partial charge on any atom is 0.359 e. The minimum absolute atomic E-state index is 0.0962. The lowest BCUT2D eigenvalue weighted by molar-refractivity contribution is 0.0519. The van der Waals surface area contributed by atoms with Gasteiger partial charge in [-0.2, -0.15) is 5.10 Å². The molecule has 1 aliphatic heterocycles. The zero-order chi connectivity index (χ0) is 14.8. The van der Waals surface area contributed by atoms with E-state index in [0.717, 1.165) is 6.42 Å². The van der Waals surface area contributed by atoms with Gasteiger partial charge < -0.3 is 9.47 Å². The summed E-state index contributed by atoms with van der Waals surface area (Å²) in [6.45, 7) is 3.11. The Morgan fingerprint density at radius 3 is 3.05 bits per heavy atom. The summed E-state index contributed by atoms with van der Waals surface area (Å²) in [5.41, 5.74) is 0.758. The first-order valence-corrected chi connectivity index (χ1v) is 6.88. The van der Waals surface area contributed by atoms with Gasteiger partial charge >= 0.3 is 5.97 Å². The molecule has 0 spiro atoms. The van der Waals surface area contributed by atoms with E-state index in [1.807, 2.05) is 0 Å². The number of ether oxygens (including phenoxy) is 2. The first-order chi connectivity index (χ1) is 10.2. The second-order valence-electron chi connectivity index (χ2n) is 4.65. The standard InChI is InChI=1S/C15H15FN2O3/c1-2-20-15(19)13-12(10-6-3-4-7-11(10)16)14-18(17-13)8-5-9-21-14/h3-4,6-7H,2,5,8-9H2,1H3. The second-order valence-corrected chi connectivity index (χ2v) is 4.65. The molecule has 1 aromatic carbocycles. The van der Waals surface area contributed by atoms with Gasteiger partial charge in [-0.3, -0.25) is 0 Å². The van der Waals surface area contributed by atoms with Gasteiger partial charge in [0.15, 0.2) is 5.69 Å². The number of fused-ring (bicyclic) bond motifs is 1. The fourth-order valence-electron chi connectivity index (χ4n) is 2.38. The molecule has 1 aliphatic rings. The third-order valence-corrected chi connectivity index (χ3v) is 3.27. The number of carbonyl (C=O) groups excluding carboxylic acids is 1. The maximum absolute atomic E-state index is 14.1. The van der Waals surface area contributed by atoms with Crippen LogP contribution in [0.5, 0.6) is 5.88 Å². The van der Waals surface area contributed by atoms with Crippen LogP contribution < -0.4 is 4.74 Å². The van der Waals surface area contributed by atoms with Gasteiger partial charge in [-0.1, -0.05) is 18.2 Å². The van der Waals surface area contributed by atoms with Crippen molar-refractivity contribution in [1.29, 1.82) is 0 Å². The van der Waals surface area contributed by atoms with Gasteiger partial charge in [0.25, 0.3) is 0 Å². The van der Waals surface area contributed by atoms with Crippen molar-refractivity contribution < 1.29 is 18.7 Å². The van der Waals surface area contributed by atoms with Crippen LogP contribution in [0.15, 0.2) is 24.3 Å². The number of carbonyl (C=O) groups is 1. The van der Waals surface area contributed by atoms with Gasteiger partial charge in [0, 0.05) is 18.5 Å². The lowest BCUT2D eigenvalue weighted by atomic mass is 10.0. The van der Waals surface area contributed by atoms with Crippen molar-refractivity contribution in [2.75, 3.05) is 13.2 Å². The van der Waals surface area contributed by atoms with Gasteiger partial charge in [-0.05, 0) is 13.0 Å². The fourth-order valence-corrected chi connectivity index (χ4v) is 2.38. The summed E-state index contributed by atoms with van der Waals surface area (Å²) in [6.07, 6.45) is 0.799. The van der Waals surface area contributed by atoms with E-state index in [-0.39, 0.29) is 12.3 Å². The number of rotatable bonds is 3. The zero-order valence-electron chi connectivity index (χ0n) is 11.6. The molecule has 0 saturated carbocycles. The molecule has 1 aromatic heterocycles. The predicted molar refractivity (Wildman–Crippen MR) is 73.7 cm³/mol. The van der Waals surface area contributed by atoms with E-state index in [4.69, 9.17) is 9.47 Å². The van der Waals surface area contributed by atoms with Gasteiger partial charge in [-0.15, -0.1) is 0 Å². The summed E-state index contributed by atoms with van der Waals surface area (Å²) < 4.78 is 26.3. The molecule has 5 nitrogen and oxygen atoms in total. The van der Waals surface area contributed by atoms with Crippen LogP contribution in [-0.4, -0.2) is 29.0 Å². The largest absolute Gasteiger partial charge is 0.477 e. The quantitative estimate of drug-likeness (QED) is 0.815. The SMILES string of the molecule is CCOC(=O)c1nn2c(c1-c1ccccc1F)OCCC2. The summed E-state index contributed by atoms with van der Waals surface area (Å²) in [6, 6.07) is 6.25. The molecule has 0 N–H and O–H groups in total. The molecule has 0 saturated heterocycles. The molecular weight excluding hydrogens is 275 g/mol. The monoisotopic (exact) mass is 290 g/mol. The molecule has 0 atom stereocenters. The molecule has 0 aliphatic carbocycles. The lowest BCUT2D eigenvalue weighted by Gasteiger charge is -2.16. The number of hydrogen-bond acceptors (Lipinski definition) is 4. The molecule has 21 heavy (non-hydrogen) atoms. The average molecular weight is 290 g/mol. The van der Waals surface area contributed by atoms with Crippen molar-refractivity contribution in [3.8, 4) is 17.0 Å². The predicted octanol–water partition coefficient (Wildman–Crippen LogP) is 2.65. The molecule has 0 amide bonds. The fraction of sp³-hybridized carbons (Fsp3) is 0.333. The van der Waals surface area contributed by atoms with Crippen LogP contribution in [0, 0.1) is 5.82 Å². The Morgan fingerprint density at radius 2 is 2.29 bits per heavy atom. The van der Waals surface area contributed by atoms with E-state index >= 15 is 0 Å². The summed E-state index contributed by atoms with van der Waals surface area (Å²) >= 11 is 0. The van der Waals surface area contributed by atoms with E-state index < -0.39 is 11.8 Å². The molecule has 6 heteroatoms. The third-order valence-electron chi connectivity index (χ3n) is 3.27. The van der Waals surface area contributed by atoms with Gasteiger partial charge in [0.1, 0.15) is 5.82 Å². The molecule has 0 radical (unpaired) electrons. The lowest BCUT2D eigenvalue weighted by Crippen LogP contribution is -2.15. The second kappa shape index (κ2) is 5.55. The Kier molecular flexibility index (Phi) is 3.60. The number of nitrogens with zero attached hydrogens (tertiary/aromatic N) is 2. The Bertz CT molecular complexity index is 682. The van der Waals surface area contributed by atoms with Crippen molar-refractivity contribution in [3.63, 3.8) is 0 Å². The number of benzene rings is 1. The molecule has 2 aromatic rings. The van der Waals surface area contributed by atoms with Crippen molar-refractivity contribution in [1.82, 2.24) is 9.78 Å². The molecule has 0 unspecified atom stereocenters. The molecule has 110 valence electrons. The minimum Gasteiger partial charge on any atom is -0.477 e. The smallest absolute Gasteiger partial charge is 0.359 e. The zero-order valence-corrected chi connectivity index (χ0v) is 11.6. The van der Waals surface area contributed by atoms with Crippen LogP contribution >= 0.6 is 0 Å². The molecule has 3 rings (SSSR count). The molecular formula is C15H15FN2O3. The summed E-state index contributed by atoms with van der Waals surface area (Å²) in [5, 5.41) is 4.24. The van der Waals surface area contributed by atoms with Crippen molar-refractivity contribution in [2.45, 2.75) is 19.9 Å². The van der Waals surface area contributed by atoms with Gasteiger partial charge in [-0.25, -0.2) is 13.9 Å². The van der Waals surface area contributed by atoms with Crippen LogP contribution in [0.1, 0.15) is 23.8 Å². The highest BCUT2D eigenvalue weighted by molar-refractivity contribution is 5.97. The van der Waals surface area contributed by atoms with Crippen LogP contribution in [0.4, 0.5) is 4.39 Å². The van der Waals surface area contributed by atoms with Crippen LogP contribution in [0.2, 0.25) is 0 Å². The summed E-state index contributed by atoms with van der Waals surface area (Å²) in [4.78, 5) is 12.1. The summed E-state index contributed by atoms with van der Waals surface area (Å²) in [5.74, 6) is -0.566. The van der Waals surface area contributed by atoms with Crippen molar-refractivity contribution in [3.05, 3.63) is 35.8 Å². The number of halogens is 1. The van der Waals surface area contributed by atoms with E-state index in [1.54, 1.807) is 29.8 Å². The highest BCUT2D eigenvalue weighted by atomic mass is 19.1. The van der Waals surface area contributed by atoms with Crippen molar-refractivity contribution >= 4 is 5.97 Å². The highest BCUT2D eigenvalue weighted by Crippen LogP contribution is 2.37. The number of hydrogen-bond donors (Lipinski definition) is 0. The highest BCUT2D eigenvalue weighted by Gasteiger charge is 2.29. The Hall–Kier alpha value is -2.37. The first kappa shape index (κ1) is 13.6. The Morgan fingerprint density at radius 1 is 1.48 bits per heavy atom. The van der Waals surface area contributed by atoms with E-state index in [0.29, 0.717) is 30.2 Å². The number of aryl methyl sites for hydroxylation is 1. The first-order valence-electron chi connectivity index (χ1n) is 6.88. The average Bonchev–Trinajstić information content (AvgIpc) is 2.87. The van der Waals surface area contributed by atoms with Gasteiger partial charge in [0.2, 0.25) is 5.88 Å². The van der Waals surface area contributed by atoms with E-state index in [1.165, 1.54) is 6.07 Å². The topological polar surface area (TPSA) is 53.3 Å². The van der Waals surface area contributed by atoms with Crippen LogP contribution in [0.3, 0.4) is 0 Å². The summed E-state index contributed by atoms with van der Waals surface area (Å²) in [7, 11) is 0. The number of aromatic nitrogens is 2. The third kappa shape index (κ3) is 2.37. The minimum atomic E-state index is -0.568. The Balaban J connectivity index is 2.19. The molecule has 0 fully saturated rings. The van der Waals surface area contributed by atoms with Gasteiger partial charge in [0.05, 0.1) is 18.8 Å². The molecule has 2 heterocycles. The van der Waals surface area contributed by atoms with E-state index in [2.05, 4.69) is 5.10 Å². The number of esters is 1. The van der Waals surface area contributed by atoms with Crippen LogP contribution in [0.25, 0.3) is 11.1 Å². The van der Waals surface area contributed by atoms with E-state index in [9.17, 15) is 9.18 Å². The van der Waals surface area contributed by atoms with Crippen molar-refractivity contribution in [2.24, 2.45) is 0 Å². The normalized spacial score (nSPS) is 13.4. The van der Waals surface area contributed by atoms with Crippen LogP contribution in [-0.2, 0) is 11.3 Å².